The summed E-state index contributed by atoms with van der Waals surface area (Å²) in [5.41, 5.74) is 0.778. The second-order valence-electron chi connectivity index (χ2n) is 4.50. The molecule has 0 saturated heterocycles. The number of aliphatic hydroxyl groups excluding tert-OH is 1. The van der Waals surface area contributed by atoms with Gasteiger partial charge in [-0.3, -0.25) is 0 Å². The lowest BCUT2D eigenvalue weighted by Gasteiger charge is -2.12. The molecule has 0 aliphatic rings. The summed E-state index contributed by atoms with van der Waals surface area (Å²) in [6.45, 7) is 6.16. The highest BCUT2D eigenvalue weighted by Gasteiger charge is 2.16. The van der Waals surface area contributed by atoms with Crippen LogP contribution in [0.3, 0.4) is 0 Å². The zero-order valence-corrected chi connectivity index (χ0v) is 12.3. The van der Waals surface area contributed by atoms with Crippen molar-refractivity contribution in [2.75, 3.05) is 19.8 Å². The van der Waals surface area contributed by atoms with E-state index in [2.05, 4.69) is 4.72 Å². The number of benzene rings is 1. The van der Waals surface area contributed by atoms with Gasteiger partial charge in [0.05, 0.1) is 11.5 Å². The van der Waals surface area contributed by atoms with Gasteiger partial charge in [-0.1, -0.05) is 6.92 Å². The van der Waals surface area contributed by atoms with Gasteiger partial charge < -0.3 is 9.84 Å². The van der Waals surface area contributed by atoms with E-state index in [-0.39, 0.29) is 24.0 Å². The second-order valence-corrected chi connectivity index (χ2v) is 6.27. The van der Waals surface area contributed by atoms with Gasteiger partial charge in [-0.15, -0.1) is 0 Å². The van der Waals surface area contributed by atoms with Gasteiger partial charge in [-0.2, -0.15) is 0 Å². The molecular weight excluding hydrogens is 266 g/mol. The molecule has 0 amide bonds. The Bertz CT molecular complexity index is 513. The van der Waals surface area contributed by atoms with E-state index >= 15 is 0 Å². The van der Waals surface area contributed by atoms with Crippen molar-refractivity contribution in [2.24, 2.45) is 5.92 Å². The number of aryl methyl sites for hydroxylation is 1. The summed E-state index contributed by atoms with van der Waals surface area (Å²) in [4.78, 5) is 0.207. The highest BCUT2D eigenvalue weighted by molar-refractivity contribution is 7.89. The van der Waals surface area contributed by atoms with E-state index in [1.807, 2.05) is 6.92 Å². The largest absolute Gasteiger partial charge is 0.494 e. The summed E-state index contributed by atoms with van der Waals surface area (Å²) in [6.07, 6.45) is 0. The molecule has 0 aromatic heterocycles. The fourth-order valence-corrected chi connectivity index (χ4v) is 2.76. The Labute approximate surface area is 114 Å². The Morgan fingerprint density at radius 2 is 2.11 bits per heavy atom. The van der Waals surface area contributed by atoms with Crippen molar-refractivity contribution in [2.45, 2.75) is 25.7 Å². The third-order valence-corrected chi connectivity index (χ3v) is 4.11. The summed E-state index contributed by atoms with van der Waals surface area (Å²) in [5.74, 6) is 0.573. The van der Waals surface area contributed by atoms with Gasteiger partial charge in [0.1, 0.15) is 5.75 Å². The maximum absolute atomic E-state index is 12.0. The van der Waals surface area contributed by atoms with Crippen LogP contribution in [0.2, 0.25) is 0 Å². The molecule has 0 aliphatic carbocycles. The summed E-state index contributed by atoms with van der Waals surface area (Å²) in [6, 6.07) is 4.75. The van der Waals surface area contributed by atoms with Crippen molar-refractivity contribution in [1.29, 1.82) is 0 Å². The lowest BCUT2D eigenvalue weighted by molar-refractivity contribution is 0.238. The minimum absolute atomic E-state index is 0.0508. The Hall–Kier alpha value is -1.11. The maximum Gasteiger partial charge on any atom is 0.240 e. The van der Waals surface area contributed by atoms with Gasteiger partial charge >= 0.3 is 0 Å². The standard InChI is InChI=1S/C13H21NO4S/c1-4-18-13-6-5-12(7-11(13)3)19(16,17)14-8-10(2)9-15/h5-7,10,14-15H,4,8-9H2,1-3H3. The van der Waals surface area contributed by atoms with Crippen LogP contribution in [0.25, 0.3) is 0 Å². The molecule has 0 saturated carbocycles. The predicted octanol–water partition coefficient (Wildman–Crippen LogP) is 1.30. The number of aliphatic hydroxyl groups is 1. The molecule has 1 atom stereocenters. The van der Waals surface area contributed by atoms with Crippen LogP contribution in [0.4, 0.5) is 0 Å². The zero-order chi connectivity index (χ0) is 14.5. The van der Waals surface area contributed by atoms with E-state index in [0.29, 0.717) is 12.4 Å². The lowest BCUT2D eigenvalue weighted by atomic mass is 10.2. The second kappa shape index (κ2) is 6.88. The van der Waals surface area contributed by atoms with Gasteiger partial charge in [-0.25, -0.2) is 13.1 Å². The summed E-state index contributed by atoms with van der Waals surface area (Å²) in [5, 5.41) is 8.89. The number of rotatable bonds is 7. The highest BCUT2D eigenvalue weighted by atomic mass is 32.2. The van der Waals surface area contributed by atoms with Crippen molar-refractivity contribution in [1.82, 2.24) is 4.72 Å². The third-order valence-electron chi connectivity index (χ3n) is 2.69. The Morgan fingerprint density at radius 3 is 2.63 bits per heavy atom. The molecule has 1 unspecified atom stereocenters. The molecule has 6 heteroatoms. The number of hydrogen-bond acceptors (Lipinski definition) is 4. The van der Waals surface area contributed by atoms with E-state index < -0.39 is 10.0 Å². The molecule has 1 rings (SSSR count). The van der Waals surface area contributed by atoms with E-state index in [4.69, 9.17) is 9.84 Å². The van der Waals surface area contributed by atoms with Crippen molar-refractivity contribution in [3.05, 3.63) is 23.8 Å². The molecule has 2 N–H and O–H groups in total. The maximum atomic E-state index is 12.0. The van der Waals surface area contributed by atoms with Crippen LogP contribution in [-0.4, -0.2) is 33.3 Å². The van der Waals surface area contributed by atoms with Crippen LogP contribution < -0.4 is 9.46 Å². The Morgan fingerprint density at radius 1 is 1.42 bits per heavy atom. The molecule has 0 aliphatic heterocycles. The molecular formula is C13H21NO4S. The topological polar surface area (TPSA) is 75.6 Å². The van der Waals surface area contributed by atoms with Gasteiger partial charge in [0.15, 0.2) is 0 Å². The van der Waals surface area contributed by atoms with E-state index in [1.165, 1.54) is 6.07 Å². The molecule has 19 heavy (non-hydrogen) atoms. The predicted molar refractivity (Wildman–Crippen MR) is 73.8 cm³/mol. The first kappa shape index (κ1) is 15.9. The van der Waals surface area contributed by atoms with Gasteiger partial charge in [0, 0.05) is 13.2 Å². The van der Waals surface area contributed by atoms with Gasteiger partial charge in [-0.05, 0) is 43.5 Å². The molecule has 0 heterocycles. The molecule has 5 nitrogen and oxygen atoms in total. The summed E-state index contributed by atoms with van der Waals surface area (Å²) >= 11 is 0. The molecule has 1 aromatic rings. The SMILES string of the molecule is CCOc1ccc(S(=O)(=O)NCC(C)CO)cc1C. The molecule has 0 radical (unpaired) electrons. The average Bonchev–Trinajstić information content (AvgIpc) is 2.38. The minimum Gasteiger partial charge on any atom is -0.494 e. The van der Waals surface area contributed by atoms with E-state index in [1.54, 1.807) is 26.0 Å². The van der Waals surface area contributed by atoms with E-state index in [9.17, 15) is 8.42 Å². The molecule has 0 spiro atoms. The highest BCUT2D eigenvalue weighted by Crippen LogP contribution is 2.21. The Balaban J connectivity index is 2.87. The number of sulfonamides is 1. The van der Waals surface area contributed by atoms with Crippen molar-refractivity contribution in [3.63, 3.8) is 0 Å². The first-order chi connectivity index (χ1) is 8.90. The van der Waals surface area contributed by atoms with Crippen LogP contribution in [-0.2, 0) is 10.0 Å². The molecule has 108 valence electrons. The number of nitrogens with one attached hydrogen (secondary N) is 1. The zero-order valence-electron chi connectivity index (χ0n) is 11.5. The van der Waals surface area contributed by atoms with Gasteiger partial charge in [0.2, 0.25) is 10.0 Å². The third kappa shape index (κ3) is 4.49. The fraction of sp³-hybridized carbons (Fsp3) is 0.538. The first-order valence-corrected chi connectivity index (χ1v) is 7.73. The lowest BCUT2D eigenvalue weighted by Crippen LogP contribution is -2.29. The van der Waals surface area contributed by atoms with Crippen LogP contribution in [0.1, 0.15) is 19.4 Å². The van der Waals surface area contributed by atoms with Crippen LogP contribution in [0, 0.1) is 12.8 Å². The normalized spacial score (nSPS) is 13.3. The van der Waals surface area contributed by atoms with Crippen molar-refractivity contribution in [3.8, 4) is 5.75 Å². The number of ether oxygens (including phenoxy) is 1. The Kier molecular flexibility index (Phi) is 5.78. The average molecular weight is 287 g/mol. The molecule has 1 aromatic carbocycles. The van der Waals surface area contributed by atoms with Gasteiger partial charge in [0.25, 0.3) is 0 Å². The monoisotopic (exact) mass is 287 g/mol. The molecule has 0 bridgehead atoms. The van der Waals surface area contributed by atoms with Crippen molar-refractivity contribution < 1.29 is 18.3 Å². The quantitative estimate of drug-likeness (QED) is 0.792. The smallest absolute Gasteiger partial charge is 0.240 e. The van der Waals surface area contributed by atoms with Crippen LogP contribution >= 0.6 is 0 Å². The van der Waals surface area contributed by atoms with Crippen LogP contribution in [0.15, 0.2) is 23.1 Å². The van der Waals surface area contributed by atoms with Crippen LogP contribution in [0.5, 0.6) is 5.75 Å². The molecule has 0 fully saturated rings. The van der Waals surface area contributed by atoms with Crippen molar-refractivity contribution >= 4 is 10.0 Å². The fourth-order valence-electron chi connectivity index (χ4n) is 1.51. The first-order valence-electron chi connectivity index (χ1n) is 6.24. The summed E-state index contributed by atoms with van der Waals surface area (Å²) in [7, 11) is -3.54. The van der Waals surface area contributed by atoms with E-state index in [0.717, 1.165) is 5.56 Å². The summed E-state index contributed by atoms with van der Waals surface area (Å²) < 4.78 is 31.9. The number of hydrogen-bond donors (Lipinski definition) is 2. The minimum atomic E-state index is -3.54.